The molecule has 0 bridgehead atoms. The van der Waals surface area contributed by atoms with Crippen LogP contribution in [0.5, 0.6) is 0 Å². The van der Waals surface area contributed by atoms with Crippen LogP contribution < -0.4 is 5.32 Å². The summed E-state index contributed by atoms with van der Waals surface area (Å²) < 4.78 is 10.1. The van der Waals surface area contributed by atoms with Crippen LogP contribution in [0.1, 0.15) is 27.7 Å². The minimum atomic E-state index is -0.767. The molecule has 0 saturated heterocycles. The first-order chi connectivity index (χ1) is 6.72. The second-order valence-corrected chi connectivity index (χ2v) is 4.67. The van der Waals surface area contributed by atoms with Gasteiger partial charge in [-0.3, -0.25) is 0 Å². The summed E-state index contributed by atoms with van der Waals surface area (Å²) in [6.45, 7) is 7.09. The third-order valence-electron chi connectivity index (χ3n) is 1.83. The second kappa shape index (κ2) is 5.32. The quantitative estimate of drug-likeness (QED) is 0.737. The minimum absolute atomic E-state index is 0.167. The Bertz CT molecular complexity index is 206. The van der Waals surface area contributed by atoms with Gasteiger partial charge in [-0.1, -0.05) is 0 Å². The lowest BCUT2D eigenvalue weighted by molar-refractivity contribution is -0.0375. The molecule has 0 aromatic carbocycles. The molecule has 90 valence electrons. The fraction of sp³-hybridized carbons (Fsp3) is 0.900. The van der Waals surface area contributed by atoms with Crippen molar-refractivity contribution in [1.29, 1.82) is 0 Å². The van der Waals surface area contributed by atoms with E-state index in [1.807, 2.05) is 0 Å². The third kappa shape index (κ3) is 6.30. The van der Waals surface area contributed by atoms with Crippen LogP contribution in [0.25, 0.3) is 0 Å². The Balaban J connectivity index is 4.00. The number of nitrogens with one attached hydrogen (secondary N) is 1. The molecule has 0 aliphatic carbocycles. The van der Waals surface area contributed by atoms with Gasteiger partial charge < -0.3 is 19.9 Å². The fourth-order valence-electron chi connectivity index (χ4n) is 0.766. The second-order valence-electron chi connectivity index (χ2n) is 4.67. The zero-order chi connectivity index (χ0) is 12.1. The first kappa shape index (κ1) is 14.2. The lowest BCUT2D eigenvalue weighted by atomic mass is 10.1. The summed E-state index contributed by atoms with van der Waals surface area (Å²) in [5, 5.41) is 11.5. The number of amides is 1. The Morgan fingerprint density at radius 2 is 1.87 bits per heavy atom. The number of rotatable bonds is 4. The van der Waals surface area contributed by atoms with E-state index in [-0.39, 0.29) is 13.2 Å². The standard InChI is InChI=1S/C10H21NO4/c1-9(2,3)15-8(13)11-6-10(4,7-12)14-5/h12H,6-7H2,1-5H3,(H,11,13). The van der Waals surface area contributed by atoms with Crippen molar-refractivity contribution in [3.05, 3.63) is 0 Å². The van der Waals surface area contributed by atoms with Crippen molar-refractivity contribution in [1.82, 2.24) is 5.32 Å². The maximum atomic E-state index is 11.3. The van der Waals surface area contributed by atoms with Gasteiger partial charge in [-0.05, 0) is 27.7 Å². The SMILES string of the molecule is COC(C)(CO)CNC(=O)OC(C)(C)C. The zero-order valence-electron chi connectivity index (χ0n) is 10.1. The highest BCUT2D eigenvalue weighted by atomic mass is 16.6. The summed E-state index contributed by atoms with van der Waals surface area (Å²) in [4.78, 5) is 11.3. The molecule has 15 heavy (non-hydrogen) atoms. The number of aliphatic hydroxyl groups is 1. The van der Waals surface area contributed by atoms with Crippen LogP contribution in [-0.2, 0) is 9.47 Å². The number of aliphatic hydroxyl groups excluding tert-OH is 1. The molecule has 0 aliphatic rings. The fourth-order valence-corrected chi connectivity index (χ4v) is 0.766. The van der Waals surface area contributed by atoms with Crippen molar-refractivity contribution >= 4 is 6.09 Å². The molecule has 0 heterocycles. The lowest BCUT2D eigenvalue weighted by Crippen LogP contribution is -2.46. The van der Waals surface area contributed by atoms with Gasteiger partial charge in [0.15, 0.2) is 0 Å². The number of carbonyl (C=O) groups is 1. The molecule has 0 aromatic rings. The van der Waals surface area contributed by atoms with Crippen molar-refractivity contribution in [3.63, 3.8) is 0 Å². The van der Waals surface area contributed by atoms with Crippen LogP contribution in [0.2, 0.25) is 0 Å². The summed E-state index contributed by atoms with van der Waals surface area (Å²) >= 11 is 0. The molecule has 5 heteroatoms. The van der Waals surface area contributed by atoms with Gasteiger partial charge in [0.05, 0.1) is 13.2 Å². The van der Waals surface area contributed by atoms with Gasteiger partial charge in [0.1, 0.15) is 11.2 Å². The minimum Gasteiger partial charge on any atom is -0.444 e. The van der Waals surface area contributed by atoms with Crippen LogP contribution >= 0.6 is 0 Å². The normalized spacial score (nSPS) is 15.6. The molecule has 2 N–H and O–H groups in total. The molecular weight excluding hydrogens is 198 g/mol. The molecule has 0 fully saturated rings. The van der Waals surface area contributed by atoms with Crippen LogP contribution in [0.15, 0.2) is 0 Å². The van der Waals surface area contributed by atoms with E-state index >= 15 is 0 Å². The van der Waals surface area contributed by atoms with Crippen molar-refractivity contribution < 1.29 is 19.4 Å². The van der Waals surface area contributed by atoms with Gasteiger partial charge in [0.25, 0.3) is 0 Å². The number of hydrogen-bond acceptors (Lipinski definition) is 4. The number of carbonyl (C=O) groups excluding carboxylic acids is 1. The Morgan fingerprint density at radius 1 is 1.33 bits per heavy atom. The van der Waals surface area contributed by atoms with E-state index in [9.17, 15) is 4.79 Å². The van der Waals surface area contributed by atoms with E-state index in [1.165, 1.54) is 7.11 Å². The van der Waals surface area contributed by atoms with E-state index in [0.29, 0.717) is 0 Å². The van der Waals surface area contributed by atoms with E-state index in [4.69, 9.17) is 14.6 Å². The maximum Gasteiger partial charge on any atom is 0.407 e. The number of hydrogen-bond donors (Lipinski definition) is 2. The summed E-state index contributed by atoms with van der Waals surface area (Å²) in [6, 6.07) is 0. The molecule has 1 atom stereocenters. The highest BCUT2D eigenvalue weighted by Crippen LogP contribution is 2.08. The molecule has 0 rings (SSSR count). The molecular formula is C10H21NO4. The topological polar surface area (TPSA) is 67.8 Å². The number of alkyl carbamates (subject to hydrolysis) is 1. The third-order valence-corrected chi connectivity index (χ3v) is 1.83. The molecule has 5 nitrogen and oxygen atoms in total. The molecule has 1 unspecified atom stereocenters. The van der Waals surface area contributed by atoms with Gasteiger partial charge in [0.2, 0.25) is 0 Å². The van der Waals surface area contributed by atoms with Crippen LogP contribution in [-0.4, -0.2) is 42.7 Å². The monoisotopic (exact) mass is 219 g/mol. The van der Waals surface area contributed by atoms with Gasteiger partial charge >= 0.3 is 6.09 Å². The Hall–Kier alpha value is -0.810. The first-order valence-corrected chi connectivity index (χ1v) is 4.85. The zero-order valence-corrected chi connectivity index (χ0v) is 10.1. The molecule has 0 spiro atoms. The first-order valence-electron chi connectivity index (χ1n) is 4.85. The van der Waals surface area contributed by atoms with Crippen molar-refractivity contribution in [2.45, 2.75) is 38.9 Å². The summed E-state index contributed by atoms with van der Waals surface area (Å²) in [5.41, 5.74) is -1.29. The van der Waals surface area contributed by atoms with E-state index in [2.05, 4.69) is 5.32 Å². The molecule has 1 amide bonds. The average Bonchev–Trinajstić information content (AvgIpc) is 2.12. The number of ether oxygens (including phenoxy) is 2. The summed E-state index contributed by atoms with van der Waals surface area (Å²) in [5.74, 6) is 0. The van der Waals surface area contributed by atoms with Crippen LogP contribution in [0.4, 0.5) is 4.79 Å². The largest absolute Gasteiger partial charge is 0.444 e. The summed E-state index contributed by atoms with van der Waals surface area (Å²) in [7, 11) is 1.48. The molecule has 0 saturated carbocycles. The predicted octanol–water partition coefficient (Wildman–Crippen LogP) is 0.908. The summed E-state index contributed by atoms with van der Waals surface area (Å²) in [6.07, 6.45) is -0.515. The van der Waals surface area contributed by atoms with Gasteiger partial charge in [0, 0.05) is 7.11 Å². The predicted molar refractivity (Wildman–Crippen MR) is 56.7 cm³/mol. The van der Waals surface area contributed by atoms with Crippen LogP contribution in [0, 0.1) is 0 Å². The Labute approximate surface area is 90.8 Å². The lowest BCUT2D eigenvalue weighted by Gasteiger charge is -2.27. The van der Waals surface area contributed by atoms with E-state index in [1.54, 1.807) is 27.7 Å². The molecule has 0 aromatic heterocycles. The van der Waals surface area contributed by atoms with Gasteiger partial charge in [-0.2, -0.15) is 0 Å². The van der Waals surface area contributed by atoms with Crippen molar-refractivity contribution in [2.75, 3.05) is 20.3 Å². The maximum absolute atomic E-state index is 11.3. The van der Waals surface area contributed by atoms with Gasteiger partial charge in [-0.15, -0.1) is 0 Å². The highest BCUT2D eigenvalue weighted by Gasteiger charge is 2.24. The molecule has 0 aliphatic heterocycles. The molecule has 0 radical (unpaired) electrons. The smallest absolute Gasteiger partial charge is 0.407 e. The average molecular weight is 219 g/mol. The number of methoxy groups -OCH3 is 1. The van der Waals surface area contributed by atoms with E-state index in [0.717, 1.165) is 0 Å². The van der Waals surface area contributed by atoms with Gasteiger partial charge in [-0.25, -0.2) is 4.79 Å². The van der Waals surface area contributed by atoms with Crippen LogP contribution in [0.3, 0.4) is 0 Å². The van der Waals surface area contributed by atoms with E-state index < -0.39 is 17.3 Å². The Kier molecular flexibility index (Phi) is 5.03. The van der Waals surface area contributed by atoms with Crippen molar-refractivity contribution in [2.24, 2.45) is 0 Å². The Morgan fingerprint density at radius 3 is 2.20 bits per heavy atom. The van der Waals surface area contributed by atoms with Crippen molar-refractivity contribution in [3.8, 4) is 0 Å². The highest BCUT2D eigenvalue weighted by molar-refractivity contribution is 5.67.